The monoisotopic (exact) mass is 372 g/mol. The molecule has 1 atom stereocenters. The molecule has 0 spiro atoms. The Morgan fingerprint density at radius 2 is 1.32 bits per heavy atom. The van der Waals surface area contributed by atoms with Crippen molar-refractivity contribution in [1.29, 1.82) is 0 Å². The van der Waals surface area contributed by atoms with Crippen LogP contribution in [0, 0.1) is 0 Å². The van der Waals surface area contributed by atoms with E-state index in [9.17, 15) is 15.0 Å². The zero-order chi connectivity index (χ0) is 19.7. The van der Waals surface area contributed by atoms with E-state index in [1.54, 1.807) is 36.4 Å². The summed E-state index contributed by atoms with van der Waals surface area (Å²) in [6, 6.07) is 24.7. The van der Waals surface area contributed by atoms with Gasteiger partial charge < -0.3 is 14.9 Å². The molecule has 3 aromatic rings. The van der Waals surface area contributed by atoms with Crippen LogP contribution in [0.15, 0.2) is 90.4 Å². The summed E-state index contributed by atoms with van der Waals surface area (Å²) in [5, 5.41) is 20.6. The minimum absolute atomic E-state index is 0.497. The maximum Gasteiger partial charge on any atom is 0.378 e. The van der Waals surface area contributed by atoms with Gasteiger partial charge in [0.15, 0.2) is 5.76 Å². The minimum atomic E-state index is -1.55. The zero-order valence-corrected chi connectivity index (χ0v) is 15.4. The average molecular weight is 372 g/mol. The van der Waals surface area contributed by atoms with Crippen LogP contribution in [-0.2, 0) is 21.6 Å². The van der Waals surface area contributed by atoms with Gasteiger partial charge in [-0.1, -0.05) is 85.8 Å². The minimum Gasteiger partial charge on any atom is -0.504 e. The molecule has 4 nitrogen and oxygen atoms in total. The summed E-state index contributed by atoms with van der Waals surface area (Å²) in [6.45, 7) is 2.12. The second kappa shape index (κ2) is 6.89. The topological polar surface area (TPSA) is 66.8 Å². The zero-order valence-electron chi connectivity index (χ0n) is 15.4. The van der Waals surface area contributed by atoms with E-state index < -0.39 is 23.1 Å². The van der Waals surface area contributed by atoms with Crippen LogP contribution in [0.4, 0.5) is 0 Å². The van der Waals surface area contributed by atoms with Crippen LogP contribution in [0.5, 0.6) is 0 Å². The van der Waals surface area contributed by atoms with Gasteiger partial charge >= 0.3 is 5.97 Å². The Kier molecular flexibility index (Phi) is 4.40. The number of aryl methyl sites for hydroxylation is 1. The quantitative estimate of drug-likeness (QED) is 0.630. The second-order valence-electron chi connectivity index (χ2n) is 6.76. The number of ether oxygens (including phenoxy) is 1. The van der Waals surface area contributed by atoms with Crippen LogP contribution < -0.4 is 0 Å². The summed E-state index contributed by atoms with van der Waals surface area (Å²) < 4.78 is 5.51. The SMILES string of the molecule is CCc1ccc(-c2ccc(C3(c4ccccc4)OC(=O)C(O)=C3O)cc2)cc1. The molecule has 0 saturated carbocycles. The van der Waals surface area contributed by atoms with Crippen molar-refractivity contribution in [3.05, 3.63) is 107 Å². The summed E-state index contributed by atoms with van der Waals surface area (Å²) in [5.74, 6) is -2.20. The number of hydrogen-bond donors (Lipinski definition) is 2. The number of carbonyl (C=O) groups excluding carboxylic acids is 1. The van der Waals surface area contributed by atoms with Crippen molar-refractivity contribution in [2.45, 2.75) is 18.9 Å². The van der Waals surface area contributed by atoms with Crippen LogP contribution in [0.25, 0.3) is 11.1 Å². The molecule has 3 aromatic carbocycles. The van der Waals surface area contributed by atoms with E-state index in [0.717, 1.165) is 17.5 Å². The van der Waals surface area contributed by atoms with E-state index in [0.29, 0.717) is 11.1 Å². The first-order valence-corrected chi connectivity index (χ1v) is 9.17. The molecule has 1 aliphatic rings. The van der Waals surface area contributed by atoms with Crippen LogP contribution in [-0.4, -0.2) is 16.2 Å². The lowest BCUT2D eigenvalue weighted by atomic mass is 9.84. The van der Waals surface area contributed by atoms with Gasteiger partial charge in [-0.25, -0.2) is 4.79 Å². The van der Waals surface area contributed by atoms with Crippen molar-refractivity contribution >= 4 is 5.97 Å². The lowest BCUT2D eigenvalue weighted by molar-refractivity contribution is -0.147. The molecule has 0 bridgehead atoms. The number of esters is 1. The highest BCUT2D eigenvalue weighted by Crippen LogP contribution is 2.45. The molecule has 28 heavy (non-hydrogen) atoms. The Hall–Kier alpha value is -3.53. The van der Waals surface area contributed by atoms with Crippen LogP contribution in [0.1, 0.15) is 23.6 Å². The Morgan fingerprint density at radius 3 is 1.82 bits per heavy atom. The van der Waals surface area contributed by atoms with Crippen molar-refractivity contribution in [2.24, 2.45) is 0 Å². The fourth-order valence-corrected chi connectivity index (χ4v) is 3.56. The van der Waals surface area contributed by atoms with Gasteiger partial charge in [-0.3, -0.25) is 0 Å². The molecule has 0 fully saturated rings. The van der Waals surface area contributed by atoms with Gasteiger partial charge in [-0.05, 0) is 23.1 Å². The van der Waals surface area contributed by atoms with Crippen molar-refractivity contribution in [3.63, 3.8) is 0 Å². The maximum atomic E-state index is 12.0. The van der Waals surface area contributed by atoms with E-state index in [1.807, 2.05) is 18.2 Å². The van der Waals surface area contributed by atoms with Gasteiger partial charge in [0, 0.05) is 11.1 Å². The van der Waals surface area contributed by atoms with Gasteiger partial charge in [-0.2, -0.15) is 0 Å². The molecule has 0 saturated heterocycles. The highest BCUT2D eigenvalue weighted by molar-refractivity contribution is 5.91. The van der Waals surface area contributed by atoms with Crippen molar-refractivity contribution in [3.8, 4) is 11.1 Å². The predicted molar refractivity (Wildman–Crippen MR) is 107 cm³/mol. The van der Waals surface area contributed by atoms with Crippen LogP contribution in [0.2, 0.25) is 0 Å². The molecule has 0 radical (unpaired) electrons. The molecule has 1 aliphatic heterocycles. The van der Waals surface area contributed by atoms with E-state index in [-0.39, 0.29) is 0 Å². The summed E-state index contributed by atoms with van der Waals surface area (Å²) in [6.07, 6.45) is 0.985. The van der Waals surface area contributed by atoms with Gasteiger partial charge in [0.05, 0.1) is 0 Å². The third kappa shape index (κ3) is 2.74. The largest absolute Gasteiger partial charge is 0.504 e. The molecule has 4 heteroatoms. The van der Waals surface area contributed by atoms with E-state index >= 15 is 0 Å². The average Bonchev–Trinajstić information content (AvgIpc) is 2.99. The first-order chi connectivity index (χ1) is 13.6. The molecule has 2 N–H and O–H groups in total. The fourth-order valence-electron chi connectivity index (χ4n) is 3.56. The van der Waals surface area contributed by atoms with Gasteiger partial charge in [0.2, 0.25) is 11.4 Å². The maximum absolute atomic E-state index is 12.0. The first kappa shape index (κ1) is 17.9. The molecule has 1 unspecified atom stereocenters. The van der Waals surface area contributed by atoms with E-state index in [4.69, 9.17) is 4.74 Å². The Bertz CT molecular complexity index is 1030. The molecular formula is C24H20O4. The van der Waals surface area contributed by atoms with Gasteiger partial charge in [0.1, 0.15) is 0 Å². The van der Waals surface area contributed by atoms with Gasteiger partial charge in [0.25, 0.3) is 0 Å². The summed E-state index contributed by atoms with van der Waals surface area (Å²) in [5.41, 5.74) is 2.92. The molecule has 0 aliphatic carbocycles. The number of aliphatic hydroxyl groups is 2. The fraction of sp³-hybridized carbons (Fsp3) is 0.125. The standard InChI is InChI=1S/C24H20O4/c1-2-16-8-10-17(11-9-16)18-12-14-20(15-13-18)24(19-6-4-3-5-7-19)22(26)21(25)23(27)28-24/h3-15,25-26H,2H2,1H3. The number of benzene rings is 3. The number of aliphatic hydroxyl groups excluding tert-OH is 2. The predicted octanol–water partition coefficient (Wildman–Crippen LogP) is 5.04. The molecular weight excluding hydrogens is 352 g/mol. The Morgan fingerprint density at radius 1 is 0.786 bits per heavy atom. The molecule has 0 amide bonds. The third-order valence-corrected chi connectivity index (χ3v) is 5.16. The second-order valence-corrected chi connectivity index (χ2v) is 6.76. The third-order valence-electron chi connectivity index (χ3n) is 5.16. The highest BCUT2D eigenvalue weighted by atomic mass is 16.6. The summed E-state index contributed by atoms with van der Waals surface area (Å²) >= 11 is 0. The van der Waals surface area contributed by atoms with Crippen LogP contribution in [0.3, 0.4) is 0 Å². The lowest BCUT2D eigenvalue weighted by Crippen LogP contribution is -2.30. The number of carbonyl (C=O) groups is 1. The molecule has 4 rings (SSSR count). The van der Waals surface area contributed by atoms with Crippen molar-refractivity contribution in [1.82, 2.24) is 0 Å². The molecule has 1 heterocycles. The van der Waals surface area contributed by atoms with Crippen molar-refractivity contribution in [2.75, 3.05) is 0 Å². The Balaban J connectivity index is 1.79. The molecule has 0 aromatic heterocycles. The van der Waals surface area contributed by atoms with Crippen molar-refractivity contribution < 1.29 is 19.7 Å². The van der Waals surface area contributed by atoms with E-state index in [2.05, 4.69) is 31.2 Å². The lowest BCUT2D eigenvalue weighted by Gasteiger charge is -2.29. The van der Waals surface area contributed by atoms with E-state index in [1.165, 1.54) is 5.56 Å². The number of rotatable bonds is 4. The van der Waals surface area contributed by atoms with Gasteiger partial charge in [-0.15, -0.1) is 0 Å². The first-order valence-electron chi connectivity index (χ1n) is 9.17. The number of cyclic esters (lactones) is 1. The highest BCUT2D eigenvalue weighted by Gasteiger charge is 2.51. The van der Waals surface area contributed by atoms with Crippen LogP contribution >= 0.6 is 0 Å². The number of hydrogen-bond acceptors (Lipinski definition) is 4. The molecule has 140 valence electrons. The Labute approximate surface area is 163 Å². The smallest absolute Gasteiger partial charge is 0.378 e. The summed E-state index contributed by atoms with van der Waals surface area (Å²) in [4.78, 5) is 12.0. The normalized spacial score (nSPS) is 19.0. The summed E-state index contributed by atoms with van der Waals surface area (Å²) in [7, 11) is 0.